The van der Waals surface area contributed by atoms with Crippen LogP contribution < -0.4 is 20.9 Å². The first-order valence-corrected chi connectivity index (χ1v) is 7.20. The highest BCUT2D eigenvalue weighted by Crippen LogP contribution is 2.23. The van der Waals surface area contributed by atoms with Crippen molar-refractivity contribution >= 4 is 45.6 Å². The van der Waals surface area contributed by atoms with Crippen molar-refractivity contribution in [1.82, 2.24) is 0 Å². The molecule has 0 saturated carbocycles. The molecule has 0 atom stereocenters. The minimum Gasteiger partial charge on any atom is -0.406 e. The van der Waals surface area contributed by atoms with Crippen molar-refractivity contribution in [2.75, 3.05) is 17.6 Å². The zero-order chi connectivity index (χ0) is 16.1. The second kappa shape index (κ2) is 8.38. The molecule has 0 aliphatic rings. The molecular formula is C10H14F3IN4O3S. The summed E-state index contributed by atoms with van der Waals surface area (Å²) in [6, 6.07) is 4.77. The molecule has 0 unspecified atom stereocenters. The van der Waals surface area contributed by atoms with Crippen LogP contribution in [0, 0.1) is 0 Å². The first-order chi connectivity index (χ1) is 9.55. The Bertz CT molecular complexity index is 605. The average molecular weight is 454 g/mol. The third-order valence-electron chi connectivity index (χ3n) is 2.02. The molecule has 1 aromatic rings. The number of rotatable bonds is 5. The second-order valence-corrected chi connectivity index (χ2v) is 5.57. The summed E-state index contributed by atoms with van der Waals surface area (Å²) < 4.78 is 60.9. The summed E-state index contributed by atoms with van der Waals surface area (Å²) in [6.45, 7) is -0.132. The number of alkyl halides is 3. The molecule has 0 heterocycles. The van der Waals surface area contributed by atoms with E-state index in [2.05, 4.69) is 15.0 Å². The van der Waals surface area contributed by atoms with E-state index in [-0.39, 0.29) is 48.0 Å². The van der Waals surface area contributed by atoms with Crippen molar-refractivity contribution < 1.29 is 26.3 Å². The van der Waals surface area contributed by atoms with Gasteiger partial charge < -0.3 is 15.8 Å². The minimum absolute atomic E-state index is 0. The molecule has 0 bridgehead atoms. The third-order valence-corrected chi connectivity index (χ3v) is 2.77. The van der Waals surface area contributed by atoms with Gasteiger partial charge >= 0.3 is 6.36 Å². The molecule has 1 aromatic carbocycles. The normalized spacial score (nSPS) is 12.5. The second-order valence-electron chi connectivity index (χ2n) is 3.83. The monoisotopic (exact) mass is 454 g/mol. The summed E-state index contributed by atoms with van der Waals surface area (Å²) in [5.74, 6) is -0.839. The molecule has 0 saturated heterocycles. The predicted molar refractivity (Wildman–Crippen MR) is 86.6 cm³/mol. The van der Waals surface area contributed by atoms with Gasteiger partial charge in [-0.25, -0.2) is 13.6 Å². The summed E-state index contributed by atoms with van der Waals surface area (Å²) in [7, 11) is -3.63. The van der Waals surface area contributed by atoms with Gasteiger partial charge in [0.25, 0.3) is 0 Å². The van der Waals surface area contributed by atoms with E-state index in [1.165, 1.54) is 12.1 Å². The fraction of sp³-hybridized carbons (Fsp3) is 0.300. The molecule has 0 aromatic heterocycles. The van der Waals surface area contributed by atoms with Gasteiger partial charge in [-0.05, 0) is 24.3 Å². The molecule has 5 N–H and O–H groups in total. The van der Waals surface area contributed by atoms with E-state index in [0.717, 1.165) is 12.1 Å². The number of nitrogens with two attached hydrogens (primary N) is 2. The molecule has 12 heteroatoms. The number of hydrogen-bond acceptors (Lipinski definition) is 4. The topological polar surface area (TPSA) is 120 Å². The van der Waals surface area contributed by atoms with Crippen LogP contribution in [0.25, 0.3) is 0 Å². The SMILES string of the molecule is I.NC(=NCCS(N)(=O)=O)Nc1ccc(OC(F)(F)F)cc1. The van der Waals surface area contributed by atoms with Gasteiger partial charge in [0, 0.05) is 5.69 Å². The van der Waals surface area contributed by atoms with E-state index in [0.29, 0.717) is 5.69 Å². The van der Waals surface area contributed by atoms with Crippen LogP contribution in [-0.4, -0.2) is 33.0 Å². The van der Waals surface area contributed by atoms with Gasteiger partial charge in [-0.3, -0.25) is 4.99 Å². The fourth-order valence-corrected chi connectivity index (χ4v) is 1.57. The van der Waals surface area contributed by atoms with Crippen LogP contribution in [0.3, 0.4) is 0 Å². The van der Waals surface area contributed by atoms with Crippen LogP contribution in [0.15, 0.2) is 29.3 Å². The molecule has 7 nitrogen and oxygen atoms in total. The lowest BCUT2D eigenvalue weighted by Crippen LogP contribution is -2.25. The van der Waals surface area contributed by atoms with Gasteiger partial charge in [0.1, 0.15) is 5.75 Å². The number of guanidine groups is 1. The molecule has 1 rings (SSSR count). The zero-order valence-electron chi connectivity index (χ0n) is 11.0. The smallest absolute Gasteiger partial charge is 0.406 e. The molecule has 0 aliphatic heterocycles. The summed E-state index contributed by atoms with van der Waals surface area (Å²) in [5, 5.41) is 7.35. The maximum atomic E-state index is 12.0. The van der Waals surface area contributed by atoms with Crippen molar-refractivity contribution in [1.29, 1.82) is 0 Å². The molecule has 0 radical (unpaired) electrons. The van der Waals surface area contributed by atoms with E-state index in [1.807, 2.05) is 0 Å². The van der Waals surface area contributed by atoms with E-state index in [1.54, 1.807) is 0 Å². The van der Waals surface area contributed by atoms with Crippen molar-refractivity contribution in [3.8, 4) is 5.75 Å². The quantitative estimate of drug-likeness (QED) is 0.351. The number of ether oxygens (including phenoxy) is 1. The van der Waals surface area contributed by atoms with Crippen LogP contribution >= 0.6 is 24.0 Å². The lowest BCUT2D eigenvalue weighted by molar-refractivity contribution is -0.274. The van der Waals surface area contributed by atoms with Crippen molar-refractivity contribution in [2.45, 2.75) is 6.36 Å². The highest BCUT2D eigenvalue weighted by Gasteiger charge is 2.30. The maximum absolute atomic E-state index is 12.0. The fourth-order valence-electron chi connectivity index (χ4n) is 1.22. The van der Waals surface area contributed by atoms with Crippen LogP contribution in [0.1, 0.15) is 0 Å². The lowest BCUT2D eigenvalue weighted by Gasteiger charge is -2.10. The maximum Gasteiger partial charge on any atom is 0.573 e. The first-order valence-electron chi connectivity index (χ1n) is 5.48. The van der Waals surface area contributed by atoms with E-state index in [9.17, 15) is 21.6 Å². The van der Waals surface area contributed by atoms with Crippen LogP contribution in [-0.2, 0) is 10.0 Å². The van der Waals surface area contributed by atoms with E-state index >= 15 is 0 Å². The summed E-state index contributed by atoms with van der Waals surface area (Å²) in [6.07, 6.45) is -4.76. The van der Waals surface area contributed by atoms with Crippen molar-refractivity contribution in [3.63, 3.8) is 0 Å². The summed E-state index contributed by atoms with van der Waals surface area (Å²) in [4.78, 5) is 3.70. The number of hydrogen-bond donors (Lipinski definition) is 3. The van der Waals surface area contributed by atoms with E-state index < -0.39 is 16.4 Å². The molecule has 126 valence electrons. The number of anilines is 1. The van der Waals surface area contributed by atoms with Gasteiger partial charge in [0.05, 0.1) is 12.3 Å². The Morgan fingerprint density at radius 2 is 1.82 bits per heavy atom. The van der Waals surface area contributed by atoms with Crippen LogP contribution in [0.5, 0.6) is 5.75 Å². The Hall–Kier alpha value is -1.28. The van der Waals surface area contributed by atoms with Gasteiger partial charge in [-0.1, -0.05) is 0 Å². The van der Waals surface area contributed by atoms with Gasteiger partial charge in [-0.2, -0.15) is 0 Å². The summed E-state index contributed by atoms with van der Waals surface area (Å²) >= 11 is 0. The molecule has 0 fully saturated rings. The van der Waals surface area contributed by atoms with E-state index in [4.69, 9.17) is 10.9 Å². The predicted octanol–water partition coefficient (Wildman–Crippen LogP) is 1.22. The van der Waals surface area contributed by atoms with Crippen LogP contribution in [0.4, 0.5) is 18.9 Å². The summed E-state index contributed by atoms with van der Waals surface area (Å²) in [5.41, 5.74) is 5.83. The molecule has 22 heavy (non-hydrogen) atoms. The number of halogens is 4. The number of aliphatic imine (C=N–C) groups is 1. The average Bonchev–Trinajstić information content (AvgIpc) is 2.28. The Morgan fingerprint density at radius 3 is 2.27 bits per heavy atom. The largest absolute Gasteiger partial charge is 0.573 e. The Balaban J connectivity index is 0.00000441. The zero-order valence-corrected chi connectivity index (χ0v) is 14.1. The first kappa shape index (κ1) is 20.7. The van der Waals surface area contributed by atoms with Gasteiger partial charge in [0.2, 0.25) is 10.0 Å². The number of primary sulfonamides is 1. The Morgan fingerprint density at radius 1 is 1.27 bits per heavy atom. The Kier molecular flexibility index (Phi) is 7.89. The lowest BCUT2D eigenvalue weighted by atomic mass is 10.3. The molecular weight excluding hydrogens is 440 g/mol. The van der Waals surface area contributed by atoms with Gasteiger partial charge in [-0.15, -0.1) is 37.1 Å². The number of nitrogens with zero attached hydrogens (tertiary/aromatic N) is 1. The molecule has 0 aliphatic carbocycles. The molecule has 0 amide bonds. The minimum atomic E-state index is -4.76. The highest BCUT2D eigenvalue weighted by molar-refractivity contribution is 14.0. The standard InChI is InChI=1S/C10H13F3N4O3S.HI/c11-10(12,13)20-8-3-1-7(2-4-8)17-9(14)16-5-6-21(15,18)19;/h1-4H,5-6H2,(H3,14,16,17)(H2,15,18,19);1H. The Labute approximate surface area is 142 Å². The van der Waals surface area contributed by atoms with Gasteiger partial charge in [0.15, 0.2) is 5.96 Å². The van der Waals surface area contributed by atoms with Crippen LogP contribution in [0.2, 0.25) is 0 Å². The number of benzene rings is 1. The van der Waals surface area contributed by atoms with Crippen molar-refractivity contribution in [2.24, 2.45) is 15.9 Å². The highest BCUT2D eigenvalue weighted by atomic mass is 127. The molecule has 0 spiro atoms. The number of sulfonamides is 1. The number of nitrogens with one attached hydrogen (secondary N) is 1. The third kappa shape index (κ3) is 9.62. The van der Waals surface area contributed by atoms with Crippen molar-refractivity contribution in [3.05, 3.63) is 24.3 Å².